The molecule has 2 rings (SSSR count). The monoisotopic (exact) mass is 236 g/mol. The topological polar surface area (TPSA) is 36.7 Å². The van der Waals surface area contributed by atoms with Gasteiger partial charge in [-0.2, -0.15) is 5.26 Å². The maximum Gasteiger partial charge on any atom is 0.126 e. The van der Waals surface area contributed by atoms with E-state index in [1.807, 2.05) is 6.07 Å². The number of nitriles is 1. The molecule has 2 aromatic rings. The van der Waals surface area contributed by atoms with Crippen molar-refractivity contribution >= 4 is 11.3 Å². The van der Waals surface area contributed by atoms with Crippen LogP contribution in [0.4, 0.5) is 8.78 Å². The summed E-state index contributed by atoms with van der Waals surface area (Å²) in [4.78, 5) is 4.12. The first-order chi connectivity index (χ1) is 7.69. The second kappa shape index (κ2) is 4.37. The van der Waals surface area contributed by atoms with Crippen LogP contribution in [0, 0.1) is 23.0 Å². The third-order valence-corrected chi connectivity index (χ3v) is 2.79. The summed E-state index contributed by atoms with van der Waals surface area (Å²) in [6, 6.07) is 5.22. The molecule has 1 heterocycles. The van der Waals surface area contributed by atoms with E-state index in [0.717, 1.165) is 6.07 Å². The molecule has 5 heteroatoms. The Morgan fingerprint density at radius 1 is 1.25 bits per heavy atom. The van der Waals surface area contributed by atoms with Crippen LogP contribution in [-0.2, 0) is 6.42 Å². The van der Waals surface area contributed by atoms with Crippen molar-refractivity contribution in [3.63, 3.8) is 0 Å². The minimum absolute atomic E-state index is 0.211. The van der Waals surface area contributed by atoms with Gasteiger partial charge in [-0.25, -0.2) is 13.8 Å². The van der Waals surface area contributed by atoms with Gasteiger partial charge < -0.3 is 0 Å². The minimum Gasteiger partial charge on any atom is -0.240 e. The molecule has 0 atom stereocenters. The number of hydrogen-bond donors (Lipinski definition) is 0. The molecule has 0 amide bonds. The summed E-state index contributed by atoms with van der Waals surface area (Å²) in [6.45, 7) is 0. The van der Waals surface area contributed by atoms with Crippen molar-refractivity contribution in [3.8, 4) is 17.3 Å². The highest BCUT2D eigenvalue weighted by atomic mass is 32.1. The molecule has 2 nitrogen and oxygen atoms in total. The first kappa shape index (κ1) is 10.7. The Balaban J connectivity index is 2.39. The Morgan fingerprint density at radius 2 is 1.94 bits per heavy atom. The van der Waals surface area contributed by atoms with Crippen molar-refractivity contribution in [3.05, 3.63) is 40.2 Å². The van der Waals surface area contributed by atoms with Crippen molar-refractivity contribution in [1.82, 2.24) is 4.98 Å². The van der Waals surface area contributed by atoms with Crippen LogP contribution >= 0.6 is 11.3 Å². The molecular weight excluding hydrogens is 230 g/mol. The maximum absolute atomic E-state index is 13.0. The molecule has 0 fully saturated rings. The molecular formula is C11H6F2N2S. The molecule has 0 aliphatic heterocycles. The van der Waals surface area contributed by atoms with Crippen LogP contribution in [0.3, 0.4) is 0 Å². The second-order valence-electron chi connectivity index (χ2n) is 3.12. The fraction of sp³-hybridized carbons (Fsp3) is 0.0909. The molecule has 80 valence electrons. The zero-order valence-electron chi connectivity index (χ0n) is 8.08. The van der Waals surface area contributed by atoms with Crippen LogP contribution in [-0.4, -0.2) is 4.98 Å². The Hall–Kier alpha value is -1.80. The van der Waals surface area contributed by atoms with Crippen LogP contribution in [0.2, 0.25) is 0 Å². The van der Waals surface area contributed by atoms with Crippen LogP contribution < -0.4 is 0 Å². The Kier molecular flexibility index (Phi) is 2.93. The van der Waals surface area contributed by atoms with E-state index in [1.165, 1.54) is 23.5 Å². The highest BCUT2D eigenvalue weighted by Gasteiger charge is 2.07. The van der Waals surface area contributed by atoms with Gasteiger partial charge in [0.1, 0.15) is 16.6 Å². The average Bonchev–Trinajstić information content (AvgIpc) is 2.65. The number of halogens is 2. The third-order valence-electron chi connectivity index (χ3n) is 1.94. The zero-order valence-corrected chi connectivity index (χ0v) is 8.89. The van der Waals surface area contributed by atoms with E-state index >= 15 is 0 Å². The molecule has 0 saturated heterocycles. The van der Waals surface area contributed by atoms with Gasteiger partial charge in [-0.1, -0.05) is 0 Å². The minimum atomic E-state index is -0.634. The zero-order chi connectivity index (χ0) is 11.5. The maximum atomic E-state index is 13.0. The van der Waals surface area contributed by atoms with E-state index in [-0.39, 0.29) is 6.42 Å². The Morgan fingerprint density at radius 3 is 2.56 bits per heavy atom. The lowest BCUT2D eigenvalue weighted by molar-refractivity contribution is 0.584. The summed E-state index contributed by atoms with van der Waals surface area (Å²) in [5.74, 6) is -1.27. The van der Waals surface area contributed by atoms with Crippen molar-refractivity contribution in [2.24, 2.45) is 0 Å². The average molecular weight is 236 g/mol. The van der Waals surface area contributed by atoms with Crippen molar-refractivity contribution in [2.45, 2.75) is 6.42 Å². The van der Waals surface area contributed by atoms with E-state index in [4.69, 9.17) is 5.26 Å². The number of thiazole rings is 1. The number of hydrogen-bond acceptors (Lipinski definition) is 3. The van der Waals surface area contributed by atoms with Crippen LogP contribution in [0.5, 0.6) is 0 Å². The normalized spacial score (nSPS) is 10.1. The largest absolute Gasteiger partial charge is 0.240 e. The first-order valence-corrected chi connectivity index (χ1v) is 5.35. The summed E-state index contributed by atoms with van der Waals surface area (Å²) in [6.07, 6.45) is 0.211. The summed E-state index contributed by atoms with van der Waals surface area (Å²) in [5, 5.41) is 10.8. The molecule has 0 N–H and O–H groups in total. The van der Waals surface area contributed by atoms with E-state index < -0.39 is 11.6 Å². The number of rotatable bonds is 2. The predicted octanol–water partition coefficient (Wildman–Crippen LogP) is 3.15. The molecule has 0 saturated carbocycles. The summed E-state index contributed by atoms with van der Waals surface area (Å²) >= 11 is 1.30. The highest BCUT2D eigenvalue weighted by molar-refractivity contribution is 7.10. The van der Waals surface area contributed by atoms with Gasteiger partial charge in [-0.05, 0) is 12.1 Å². The van der Waals surface area contributed by atoms with Gasteiger partial charge in [0.15, 0.2) is 0 Å². The van der Waals surface area contributed by atoms with Gasteiger partial charge in [0.2, 0.25) is 0 Å². The number of benzene rings is 1. The quantitative estimate of drug-likeness (QED) is 0.803. The van der Waals surface area contributed by atoms with Gasteiger partial charge in [-0.3, -0.25) is 0 Å². The van der Waals surface area contributed by atoms with Gasteiger partial charge in [-0.15, -0.1) is 11.3 Å². The highest BCUT2D eigenvalue weighted by Crippen LogP contribution is 2.23. The Bertz CT molecular complexity index is 537. The van der Waals surface area contributed by atoms with Crippen LogP contribution in [0.1, 0.15) is 5.01 Å². The SMILES string of the molecule is N#CCc1nc(-c2cc(F)cc(F)c2)cs1. The second-order valence-corrected chi connectivity index (χ2v) is 4.06. The lowest BCUT2D eigenvalue weighted by Crippen LogP contribution is -1.85. The van der Waals surface area contributed by atoms with E-state index in [2.05, 4.69) is 4.98 Å². The number of nitrogens with zero attached hydrogens (tertiary/aromatic N) is 2. The third kappa shape index (κ3) is 2.23. The van der Waals surface area contributed by atoms with Crippen LogP contribution in [0.25, 0.3) is 11.3 Å². The van der Waals surface area contributed by atoms with Gasteiger partial charge in [0.05, 0.1) is 18.2 Å². The number of aromatic nitrogens is 1. The molecule has 0 aliphatic rings. The predicted molar refractivity (Wildman–Crippen MR) is 56.8 cm³/mol. The van der Waals surface area contributed by atoms with Gasteiger partial charge in [0, 0.05) is 17.0 Å². The smallest absolute Gasteiger partial charge is 0.126 e. The summed E-state index contributed by atoms with van der Waals surface area (Å²) < 4.78 is 25.9. The van der Waals surface area contributed by atoms with Crippen molar-refractivity contribution in [2.75, 3.05) is 0 Å². The lowest BCUT2D eigenvalue weighted by atomic mass is 10.1. The van der Waals surface area contributed by atoms with E-state index in [9.17, 15) is 8.78 Å². The molecule has 0 unspecified atom stereocenters. The van der Waals surface area contributed by atoms with Crippen molar-refractivity contribution in [1.29, 1.82) is 5.26 Å². The standard InChI is InChI=1S/C11H6F2N2S/c12-8-3-7(4-9(13)5-8)10-6-16-11(15-10)1-2-14/h3-6H,1H2. The molecule has 0 aliphatic carbocycles. The van der Waals surface area contributed by atoms with E-state index in [0.29, 0.717) is 16.3 Å². The molecule has 16 heavy (non-hydrogen) atoms. The fourth-order valence-electron chi connectivity index (χ4n) is 1.29. The summed E-state index contributed by atoms with van der Waals surface area (Å²) in [7, 11) is 0. The summed E-state index contributed by atoms with van der Waals surface area (Å²) in [5.41, 5.74) is 0.881. The van der Waals surface area contributed by atoms with Gasteiger partial charge >= 0.3 is 0 Å². The van der Waals surface area contributed by atoms with E-state index in [1.54, 1.807) is 5.38 Å². The molecule has 1 aromatic carbocycles. The first-order valence-electron chi connectivity index (χ1n) is 4.47. The van der Waals surface area contributed by atoms with Gasteiger partial charge in [0.25, 0.3) is 0 Å². The molecule has 0 radical (unpaired) electrons. The molecule has 0 bridgehead atoms. The fourth-order valence-corrected chi connectivity index (χ4v) is 2.03. The molecule has 0 spiro atoms. The lowest BCUT2D eigenvalue weighted by Gasteiger charge is -1.97. The van der Waals surface area contributed by atoms with Crippen LogP contribution in [0.15, 0.2) is 23.6 Å². The Labute approximate surface area is 94.8 Å². The van der Waals surface area contributed by atoms with Crippen molar-refractivity contribution < 1.29 is 8.78 Å². The molecule has 1 aromatic heterocycles.